The fourth-order valence-electron chi connectivity index (χ4n) is 2.71. The van der Waals surface area contributed by atoms with Gasteiger partial charge in [0.15, 0.2) is 0 Å². The summed E-state index contributed by atoms with van der Waals surface area (Å²) >= 11 is 0. The largest absolute Gasteiger partial charge is 0.481 e. The SMILES string of the molecule is C=C(C(=O)O)C1(C)CCC(C(=O)O)C1(C)C. The van der Waals surface area contributed by atoms with Gasteiger partial charge in [-0.15, -0.1) is 0 Å². The molecule has 0 amide bonds. The summed E-state index contributed by atoms with van der Waals surface area (Å²) in [5, 5.41) is 18.1. The molecular formula is C12H18O4. The number of rotatable bonds is 3. The smallest absolute Gasteiger partial charge is 0.331 e. The van der Waals surface area contributed by atoms with E-state index < -0.39 is 28.7 Å². The minimum Gasteiger partial charge on any atom is -0.481 e. The van der Waals surface area contributed by atoms with Gasteiger partial charge in [0.05, 0.1) is 5.92 Å². The highest BCUT2D eigenvalue weighted by molar-refractivity contribution is 5.88. The molecule has 0 aliphatic heterocycles. The molecule has 2 N–H and O–H groups in total. The van der Waals surface area contributed by atoms with Crippen molar-refractivity contribution in [1.29, 1.82) is 0 Å². The van der Waals surface area contributed by atoms with Crippen molar-refractivity contribution >= 4 is 11.9 Å². The molecule has 90 valence electrons. The molecule has 4 heteroatoms. The zero-order valence-corrected chi connectivity index (χ0v) is 9.91. The zero-order valence-electron chi connectivity index (χ0n) is 9.91. The number of carbonyl (C=O) groups is 2. The summed E-state index contributed by atoms with van der Waals surface area (Å²) in [6.45, 7) is 9.03. The lowest BCUT2D eigenvalue weighted by Gasteiger charge is -2.40. The van der Waals surface area contributed by atoms with Crippen molar-refractivity contribution in [2.24, 2.45) is 16.7 Å². The van der Waals surface area contributed by atoms with E-state index in [4.69, 9.17) is 10.2 Å². The van der Waals surface area contributed by atoms with Crippen LogP contribution in [0, 0.1) is 16.7 Å². The first-order valence-electron chi connectivity index (χ1n) is 5.30. The fraction of sp³-hybridized carbons (Fsp3) is 0.667. The lowest BCUT2D eigenvalue weighted by Crippen LogP contribution is -2.40. The molecule has 0 aromatic rings. The summed E-state index contributed by atoms with van der Waals surface area (Å²) in [5.41, 5.74) is -1.13. The van der Waals surface area contributed by atoms with Crippen molar-refractivity contribution in [3.8, 4) is 0 Å². The zero-order chi connectivity index (χ0) is 12.7. The normalized spacial score (nSPS) is 32.3. The molecule has 2 atom stereocenters. The van der Waals surface area contributed by atoms with Crippen LogP contribution in [0.4, 0.5) is 0 Å². The molecular weight excluding hydrogens is 208 g/mol. The number of hydrogen-bond donors (Lipinski definition) is 2. The van der Waals surface area contributed by atoms with Gasteiger partial charge in [0.25, 0.3) is 0 Å². The Balaban J connectivity index is 3.14. The Hall–Kier alpha value is -1.32. The van der Waals surface area contributed by atoms with Crippen LogP contribution in [0.15, 0.2) is 12.2 Å². The second-order valence-corrected chi connectivity index (χ2v) is 5.27. The van der Waals surface area contributed by atoms with Gasteiger partial charge >= 0.3 is 11.9 Å². The number of carboxylic acids is 2. The third-order valence-electron chi connectivity index (χ3n) is 4.45. The molecule has 1 aliphatic rings. The van der Waals surface area contributed by atoms with Gasteiger partial charge in [0.1, 0.15) is 0 Å². The van der Waals surface area contributed by atoms with Gasteiger partial charge < -0.3 is 10.2 Å². The summed E-state index contributed by atoms with van der Waals surface area (Å²) in [5.74, 6) is -2.40. The minimum absolute atomic E-state index is 0.112. The summed E-state index contributed by atoms with van der Waals surface area (Å²) in [6, 6.07) is 0. The highest BCUT2D eigenvalue weighted by Crippen LogP contribution is 2.59. The number of carboxylic acid groups (broad SMARTS) is 2. The molecule has 0 aromatic carbocycles. The molecule has 1 rings (SSSR count). The number of hydrogen-bond acceptors (Lipinski definition) is 2. The Kier molecular flexibility index (Phi) is 2.88. The first kappa shape index (κ1) is 12.7. The lowest BCUT2D eigenvalue weighted by molar-refractivity contribution is -0.147. The van der Waals surface area contributed by atoms with Crippen LogP contribution in [0.1, 0.15) is 33.6 Å². The first-order chi connectivity index (χ1) is 7.14. The highest BCUT2D eigenvalue weighted by Gasteiger charge is 2.56. The Morgan fingerprint density at radius 1 is 1.25 bits per heavy atom. The van der Waals surface area contributed by atoms with Gasteiger partial charge in [-0.1, -0.05) is 27.4 Å². The quantitative estimate of drug-likeness (QED) is 0.723. The van der Waals surface area contributed by atoms with Crippen molar-refractivity contribution < 1.29 is 19.8 Å². The van der Waals surface area contributed by atoms with E-state index in [9.17, 15) is 9.59 Å². The highest BCUT2D eigenvalue weighted by atomic mass is 16.4. The summed E-state index contributed by atoms with van der Waals surface area (Å²) in [7, 11) is 0. The summed E-state index contributed by atoms with van der Waals surface area (Å²) < 4.78 is 0. The van der Waals surface area contributed by atoms with Gasteiger partial charge in [-0.3, -0.25) is 4.79 Å². The minimum atomic E-state index is -1.04. The summed E-state index contributed by atoms with van der Waals surface area (Å²) in [6.07, 6.45) is 1.06. The Morgan fingerprint density at radius 2 is 1.75 bits per heavy atom. The van der Waals surface area contributed by atoms with E-state index in [2.05, 4.69) is 6.58 Å². The Bertz CT molecular complexity index is 356. The van der Waals surface area contributed by atoms with Gasteiger partial charge in [-0.05, 0) is 18.3 Å². The van der Waals surface area contributed by atoms with Crippen LogP contribution in [-0.4, -0.2) is 22.2 Å². The van der Waals surface area contributed by atoms with E-state index in [1.54, 1.807) is 6.92 Å². The maximum atomic E-state index is 11.1. The lowest BCUT2D eigenvalue weighted by atomic mass is 9.62. The molecule has 1 fully saturated rings. The molecule has 0 aromatic heterocycles. The van der Waals surface area contributed by atoms with E-state index in [1.807, 2.05) is 13.8 Å². The number of aliphatic carboxylic acids is 2. The Labute approximate surface area is 95.0 Å². The molecule has 2 unspecified atom stereocenters. The maximum absolute atomic E-state index is 11.1. The third-order valence-corrected chi connectivity index (χ3v) is 4.45. The molecule has 0 saturated heterocycles. The van der Waals surface area contributed by atoms with Gasteiger partial charge in [0, 0.05) is 11.0 Å². The molecule has 16 heavy (non-hydrogen) atoms. The van der Waals surface area contributed by atoms with Gasteiger partial charge in [0.2, 0.25) is 0 Å². The standard InChI is InChI=1S/C12H18O4/c1-7(9(13)14)12(4)6-5-8(10(15)16)11(12,2)3/h8H,1,5-6H2,2-4H3,(H,13,14)(H,15,16). The van der Waals surface area contributed by atoms with Crippen molar-refractivity contribution in [3.63, 3.8) is 0 Å². The Morgan fingerprint density at radius 3 is 2.06 bits per heavy atom. The molecule has 0 radical (unpaired) electrons. The monoisotopic (exact) mass is 226 g/mol. The molecule has 0 heterocycles. The molecule has 0 spiro atoms. The van der Waals surface area contributed by atoms with Gasteiger partial charge in [-0.25, -0.2) is 4.79 Å². The van der Waals surface area contributed by atoms with Crippen LogP contribution in [-0.2, 0) is 9.59 Å². The molecule has 0 bridgehead atoms. The predicted molar refractivity (Wildman–Crippen MR) is 59.0 cm³/mol. The van der Waals surface area contributed by atoms with Crippen LogP contribution in [0.5, 0.6) is 0 Å². The van der Waals surface area contributed by atoms with E-state index in [0.717, 1.165) is 0 Å². The third kappa shape index (κ3) is 1.52. The van der Waals surface area contributed by atoms with Crippen molar-refractivity contribution in [2.75, 3.05) is 0 Å². The van der Waals surface area contributed by atoms with Crippen molar-refractivity contribution in [3.05, 3.63) is 12.2 Å². The van der Waals surface area contributed by atoms with Crippen LogP contribution in [0.3, 0.4) is 0 Å². The van der Waals surface area contributed by atoms with Crippen LogP contribution >= 0.6 is 0 Å². The maximum Gasteiger partial charge on any atom is 0.331 e. The molecule has 4 nitrogen and oxygen atoms in total. The van der Waals surface area contributed by atoms with E-state index in [-0.39, 0.29) is 5.57 Å². The topological polar surface area (TPSA) is 74.6 Å². The molecule has 1 saturated carbocycles. The molecule has 1 aliphatic carbocycles. The van der Waals surface area contributed by atoms with Crippen molar-refractivity contribution in [2.45, 2.75) is 33.6 Å². The van der Waals surface area contributed by atoms with E-state index in [0.29, 0.717) is 12.8 Å². The summed E-state index contributed by atoms with van der Waals surface area (Å²) in [4.78, 5) is 22.1. The van der Waals surface area contributed by atoms with Gasteiger partial charge in [-0.2, -0.15) is 0 Å². The second kappa shape index (κ2) is 3.61. The first-order valence-corrected chi connectivity index (χ1v) is 5.30. The van der Waals surface area contributed by atoms with Crippen LogP contribution in [0.2, 0.25) is 0 Å². The van der Waals surface area contributed by atoms with Crippen LogP contribution < -0.4 is 0 Å². The average molecular weight is 226 g/mol. The van der Waals surface area contributed by atoms with Crippen molar-refractivity contribution in [1.82, 2.24) is 0 Å². The van der Waals surface area contributed by atoms with Crippen LogP contribution in [0.25, 0.3) is 0 Å². The van der Waals surface area contributed by atoms with E-state index >= 15 is 0 Å². The average Bonchev–Trinajstić information content (AvgIpc) is 2.37. The fourth-order valence-corrected chi connectivity index (χ4v) is 2.71. The second-order valence-electron chi connectivity index (χ2n) is 5.27. The predicted octanol–water partition coefficient (Wildman–Crippen LogP) is 2.15. The van der Waals surface area contributed by atoms with E-state index in [1.165, 1.54) is 0 Å².